The van der Waals surface area contributed by atoms with E-state index in [4.69, 9.17) is 16.9 Å². The number of imidazole rings is 1. The number of aromatic nitrogens is 3. The normalized spacial score (nSPS) is 10.7. The first-order chi connectivity index (χ1) is 10.1. The molecule has 0 spiro atoms. The number of rotatable bonds is 2. The summed E-state index contributed by atoms with van der Waals surface area (Å²) in [6, 6.07) is 7.28. The summed E-state index contributed by atoms with van der Waals surface area (Å²) in [5.74, 6) is 0. The number of halogens is 1. The summed E-state index contributed by atoms with van der Waals surface area (Å²) in [4.78, 5) is 16.6. The maximum Gasteiger partial charge on any atom is 0.269 e. The maximum absolute atomic E-state index is 12.2. The molecule has 0 aliphatic rings. The molecule has 104 valence electrons. The number of pyridine rings is 2. The average Bonchev–Trinajstić information content (AvgIpc) is 2.84. The summed E-state index contributed by atoms with van der Waals surface area (Å²) >= 11 is 5.93. The van der Waals surface area contributed by atoms with Gasteiger partial charge in [-0.25, -0.2) is 4.98 Å². The van der Waals surface area contributed by atoms with Crippen LogP contribution in [0.3, 0.4) is 0 Å². The van der Waals surface area contributed by atoms with Crippen molar-refractivity contribution >= 4 is 17.2 Å². The van der Waals surface area contributed by atoms with Crippen molar-refractivity contribution in [2.24, 2.45) is 0 Å². The Kier molecular flexibility index (Phi) is 3.24. The molecular weight excluding hydrogens is 288 g/mol. The summed E-state index contributed by atoms with van der Waals surface area (Å²) in [6.45, 7) is 2.06. The van der Waals surface area contributed by atoms with Crippen LogP contribution in [-0.2, 0) is 6.54 Å². The zero-order valence-electron chi connectivity index (χ0n) is 11.2. The SMILES string of the molecule is Cc1ccn(Cc2cn3cc(Cl)ccc3n2)c(=O)c1C#N. The maximum atomic E-state index is 12.2. The van der Waals surface area contributed by atoms with E-state index in [1.165, 1.54) is 4.57 Å². The Balaban J connectivity index is 2.03. The fourth-order valence-corrected chi connectivity index (χ4v) is 2.36. The molecule has 0 bridgehead atoms. The lowest BCUT2D eigenvalue weighted by atomic mass is 10.2. The lowest BCUT2D eigenvalue weighted by Gasteiger charge is -2.04. The van der Waals surface area contributed by atoms with Gasteiger partial charge in [-0.1, -0.05) is 11.6 Å². The molecule has 0 fully saturated rings. The Bertz CT molecular complexity index is 933. The smallest absolute Gasteiger partial charge is 0.269 e. The molecule has 3 aromatic heterocycles. The number of hydrogen-bond acceptors (Lipinski definition) is 3. The second-order valence-corrected chi connectivity index (χ2v) is 5.20. The van der Waals surface area contributed by atoms with E-state index in [-0.39, 0.29) is 11.1 Å². The Labute approximate surface area is 125 Å². The first-order valence-electron chi connectivity index (χ1n) is 6.32. The topological polar surface area (TPSA) is 63.1 Å². The van der Waals surface area contributed by atoms with E-state index in [1.807, 2.05) is 22.7 Å². The predicted molar refractivity (Wildman–Crippen MR) is 79.5 cm³/mol. The van der Waals surface area contributed by atoms with Crippen LogP contribution in [0.1, 0.15) is 16.8 Å². The van der Waals surface area contributed by atoms with Crippen LogP contribution >= 0.6 is 11.6 Å². The second kappa shape index (κ2) is 5.08. The summed E-state index contributed by atoms with van der Waals surface area (Å²) < 4.78 is 3.29. The largest absolute Gasteiger partial charge is 0.308 e. The zero-order valence-corrected chi connectivity index (χ0v) is 12.0. The van der Waals surface area contributed by atoms with E-state index in [9.17, 15) is 4.79 Å². The van der Waals surface area contributed by atoms with Crippen molar-refractivity contribution in [3.63, 3.8) is 0 Å². The van der Waals surface area contributed by atoms with Gasteiger partial charge in [0.25, 0.3) is 5.56 Å². The molecule has 0 unspecified atom stereocenters. The molecule has 0 amide bonds. The molecule has 0 aliphatic carbocycles. The van der Waals surface area contributed by atoms with E-state index >= 15 is 0 Å². The number of aryl methyl sites for hydroxylation is 1. The quantitative estimate of drug-likeness (QED) is 0.729. The van der Waals surface area contributed by atoms with Gasteiger partial charge in [0.2, 0.25) is 0 Å². The van der Waals surface area contributed by atoms with Gasteiger partial charge in [-0.05, 0) is 30.7 Å². The fourth-order valence-electron chi connectivity index (χ4n) is 2.19. The first kappa shape index (κ1) is 13.4. The van der Waals surface area contributed by atoms with Gasteiger partial charge in [0, 0.05) is 18.6 Å². The molecule has 3 aromatic rings. The van der Waals surface area contributed by atoms with Crippen LogP contribution in [0.2, 0.25) is 5.02 Å². The third-order valence-corrected chi connectivity index (χ3v) is 3.51. The van der Waals surface area contributed by atoms with Crippen molar-refractivity contribution in [2.75, 3.05) is 0 Å². The lowest BCUT2D eigenvalue weighted by molar-refractivity contribution is 0.739. The molecule has 0 aromatic carbocycles. The third-order valence-electron chi connectivity index (χ3n) is 3.28. The highest BCUT2D eigenvalue weighted by Gasteiger charge is 2.09. The molecular formula is C15H11ClN4O. The van der Waals surface area contributed by atoms with Crippen molar-refractivity contribution in [3.05, 3.63) is 69.0 Å². The second-order valence-electron chi connectivity index (χ2n) is 4.76. The van der Waals surface area contributed by atoms with Gasteiger partial charge in [-0.3, -0.25) is 4.79 Å². The number of fused-ring (bicyclic) bond motifs is 1. The van der Waals surface area contributed by atoms with Crippen LogP contribution in [0.5, 0.6) is 0 Å². The van der Waals surface area contributed by atoms with Crippen LogP contribution < -0.4 is 5.56 Å². The molecule has 3 heterocycles. The molecule has 0 radical (unpaired) electrons. The van der Waals surface area contributed by atoms with Gasteiger partial charge in [-0.15, -0.1) is 0 Å². The molecule has 0 aliphatic heterocycles. The van der Waals surface area contributed by atoms with Crippen molar-refractivity contribution in [2.45, 2.75) is 13.5 Å². The number of nitriles is 1. The van der Waals surface area contributed by atoms with Gasteiger partial charge < -0.3 is 8.97 Å². The highest BCUT2D eigenvalue weighted by molar-refractivity contribution is 6.30. The lowest BCUT2D eigenvalue weighted by Crippen LogP contribution is -2.23. The highest BCUT2D eigenvalue weighted by atomic mass is 35.5. The van der Waals surface area contributed by atoms with Crippen LogP contribution in [0.15, 0.2) is 41.6 Å². The van der Waals surface area contributed by atoms with E-state index in [2.05, 4.69) is 4.98 Å². The standard InChI is InChI=1S/C15H11ClN4O/c1-10-4-5-19(15(21)13(10)6-17)8-12-9-20-7-11(16)2-3-14(20)18-12/h2-5,7,9H,8H2,1H3. The molecule has 0 N–H and O–H groups in total. The van der Waals surface area contributed by atoms with Gasteiger partial charge in [0.15, 0.2) is 0 Å². The summed E-state index contributed by atoms with van der Waals surface area (Å²) in [5, 5.41) is 9.65. The third kappa shape index (κ3) is 2.41. The van der Waals surface area contributed by atoms with Gasteiger partial charge in [0.05, 0.1) is 17.3 Å². The molecule has 0 saturated heterocycles. The fraction of sp³-hybridized carbons (Fsp3) is 0.133. The molecule has 6 heteroatoms. The van der Waals surface area contributed by atoms with E-state index in [0.717, 1.165) is 11.3 Å². The first-order valence-corrected chi connectivity index (χ1v) is 6.69. The Morgan fingerprint density at radius 2 is 2.14 bits per heavy atom. The van der Waals surface area contributed by atoms with Crippen molar-refractivity contribution in [3.8, 4) is 6.07 Å². The van der Waals surface area contributed by atoms with Crippen LogP contribution in [-0.4, -0.2) is 14.0 Å². The monoisotopic (exact) mass is 298 g/mol. The average molecular weight is 299 g/mol. The van der Waals surface area contributed by atoms with Crippen LogP contribution in [0.4, 0.5) is 0 Å². The molecule has 0 atom stereocenters. The van der Waals surface area contributed by atoms with Gasteiger partial charge >= 0.3 is 0 Å². The number of hydrogen-bond donors (Lipinski definition) is 0. The highest BCUT2D eigenvalue weighted by Crippen LogP contribution is 2.12. The Morgan fingerprint density at radius 3 is 2.90 bits per heavy atom. The Hall–Kier alpha value is -2.58. The van der Waals surface area contributed by atoms with E-state index < -0.39 is 0 Å². The van der Waals surface area contributed by atoms with E-state index in [1.54, 1.807) is 31.5 Å². The summed E-state index contributed by atoms with van der Waals surface area (Å²) in [6.07, 6.45) is 5.25. The number of nitrogens with zero attached hydrogens (tertiary/aromatic N) is 4. The predicted octanol–water partition coefficient (Wildman–Crippen LogP) is 2.38. The van der Waals surface area contributed by atoms with Gasteiger partial charge in [0.1, 0.15) is 17.3 Å². The summed E-state index contributed by atoms with van der Waals surface area (Å²) in [7, 11) is 0. The summed E-state index contributed by atoms with van der Waals surface area (Å²) in [5.41, 5.74) is 2.04. The van der Waals surface area contributed by atoms with Gasteiger partial charge in [-0.2, -0.15) is 5.26 Å². The molecule has 5 nitrogen and oxygen atoms in total. The van der Waals surface area contributed by atoms with E-state index in [0.29, 0.717) is 17.1 Å². The minimum absolute atomic E-state index is 0.171. The van der Waals surface area contributed by atoms with Crippen molar-refractivity contribution < 1.29 is 0 Å². The van der Waals surface area contributed by atoms with Crippen molar-refractivity contribution in [1.82, 2.24) is 14.0 Å². The zero-order chi connectivity index (χ0) is 15.0. The minimum atomic E-state index is -0.299. The van der Waals surface area contributed by atoms with Crippen molar-refractivity contribution in [1.29, 1.82) is 5.26 Å². The Morgan fingerprint density at radius 1 is 1.33 bits per heavy atom. The van der Waals surface area contributed by atoms with Crippen LogP contribution in [0, 0.1) is 18.3 Å². The molecule has 3 rings (SSSR count). The molecule has 0 saturated carbocycles. The molecule has 21 heavy (non-hydrogen) atoms. The minimum Gasteiger partial charge on any atom is -0.308 e. The van der Waals surface area contributed by atoms with Crippen LogP contribution in [0.25, 0.3) is 5.65 Å².